The van der Waals surface area contributed by atoms with E-state index in [0.29, 0.717) is 0 Å². The van der Waals surface area contributed by atoms with Gasteiger partial charge < -0.3 is 0 Å². The topological polar surface area (TPSA) is 0 Å². The molecule has 54 valence electrons. The van der Waals surface area contributed by atoms with Crippen LogP contribution in [0.15, 0.2) is 0 Å². The molecule has 0 N–H and O–H groups in total. The highest BCUT2D eigenvalue weighted by atomic mass is 14.2. The number of hydrogen-bond acceptors (Lipinski definition) is 0. The van der Waals surface area contributed by atoms with Gasteiger partial charge in [-0.15, -0.1) is 0 Å². The molecule has 0 radical (unpaired) electrons. The first-order chi connectivity index (χ1) is 4.33. The molecule has 0 aromatic carbocycles. The van der Waals surface area contributed by atoms with Crippen LogP contribution < -0.4 is 0 Å². The Morgan fingerprint density at radius 3 is 2.56 bits per heavy atom. The van der Waals surface area contributed by atoms with E-state index in [2.05, 4.69) is 13.8 Å². The van der Waals surface area contributed by atoms with Crippen molar-refractivity contribution in [3.05, 3.63) is 0 Å². The van der Waals surface area contributed by atoms with E-state index in [1.807, 2.05) is 0 Å². The molecular weight excluding hydrogens is 108 g/mol. The van der Waals surface area contributed by atoms with Crippen LogP contribution in [0.3, 0.4) is 0 Å². The number of hydrogen-bond donors (Lipinski definition) is 0. The molecule has 1 aliphatic rings. The molecule has 1 unspecified atom stereocenters. The third kappa shape index (κ3) is 2.00. The molecule has 0 amide bonds. The van der Waals surface area contributed by atoms with E-state index < -0.39 is 0 Å². The summed E-state index contributed by atoms with van der Waals surface area (Å²) in [5.74, 6) is 2.08. The van der Waals surface area contributed by atoms with Crippen molar-refractivity contribution in [2.45, 2.75) is 46.0 Å². The summed E-state index contributed by atoms with van der Waals surface area (Å²) < 4.78 is 0. The molecule has 2 atom stereocenters. The predicted octanol–water partition coefficient (Wildman–Crippen LogP) is 3.22. The molecule has 0 bridgehead atoms. The van der Waals surface area contributed by atoms with Crippen molar-refractivity contribution in [3.8, 4) is 0 Å². The molecule has 1 saturated carbocycles. The first-order valence-electron chi connectivity index (χ1n) is 4.33. The van der Waals surface area contributed by atoms with Gasteiger partial charge >= 0.3 is 0 Å². The molecule has 0 aliphatic heterocycles. The van der Waals surface area contributed by atoms with Crippen LogP contribution in [0.1, 0.15) is 46.0 Å². The Bertz CT molecular complexity index is 76.1. The standard InChI is InChI=1S/C9H18/c1-3-9-6-4-5-8(2)7-9/h8-9H,3-7H2,1-2H3/t8?,9-/m0/s1. The van der Waals surface area contributed by atoms with Gasteiger partial charge in [-0.3, -0.25) is 0 Å². The predicted molar refractivity (Wildman–Crippen MR) is 41.4 cm³/mol. The van der Waals surface area contributed by atoms with Crippen molar-refractivity contribution in [2.75, 3.05) is 0 Å². The largest absolute Gasteiger partial charge is 0.0651 e. The Labute approximate surface area is 58.7 Å². The summed E-state index contributed by atoms with van der Waals surface area (Å²) in [7, 11) is 0. The second-order valence-corrected chi connectivity index (χ2v) is 3.55. The molecule has 0 nitrogen and oxygen atoms in total. The zero-order valence-corrected chi connectivity index (χ0v) is 6.69. The quantitative estimate of drug-likeness (QED) is 0.506. The molecule has 9 heavy (non-hydrogen) atoms. The minimum absolute atomic E-state index is 1.02. The molecular formula is C9H18. The van der Waals surface area contributed by atoms with E-state index in [4.69, 9.17) is 0 Å². The summed E-state index contributed by atoms with van der Waals surface area (Å²) in [4.78, 5) is 0. The first-order valence-corrected chi connectivity index (χ1v) is 4.33. The van der Waals surface area contributed by atoms with E-state index in [-0.39, 0.29) is 0 Å². The van der Waals surface area contributed by atoms with Gasteiger partial charge in [0, 0.05) is 0 Å². The van der Waals surface area contributed by atoms with Crippen molar-refractivity contribution in [2.24, 2.45) is 11.8 Å². The minimum Gasteiger partial charge on any atom is -0.0651 e. The monoisotopic (exact) mass is 126 g/mol. The van der Waals surface area contributed by atoms with E-state index in [9.17, 15) is 0 Å². The maximum absolute atomic E-state index is 2.39. The zero-order valence-electron chi connectivity index (χ0n) is 6.69. The van der Waals surface area contributed by atoms with E-state index in [1.165, 1.54) is 32.1 Å². The summed E-state index contributed by atoms with van der Waals surface area (Å²) in [6.45, 7) is 4.71. The molecule has 1 fully saturated rings. The van der Waals surface area contributed by atoms with Crippen molar-refractivity contribution in [1.29, 1.82) is 0 Å². The van der Waals surface area contributed by atoms with Crippen LogP contribution in [0.5, 0.6) is 0 Å². The maximum atomic E-state index is 2.39. The Morgan fingerprint density at radius 2 is 2.11 bits per heavy atom. The van der Waals surface area contributed by atoms with Gasteiger partial charge in [0.2, 0.25) is 0 Å². The molecule has 1 rings (SSSR count). The third-order valence-corrected chi connectivity index (χ3v) is 2.62. The van der Waals surface area contributed by atoms with Gasteiger partial charge in [0.25, 0.3) is 0 Å². The lowest BCUT2D eigenvalue weighted by molar-refractivity contribution is 0.276. The average Bonchev–Trinajstić information content (AvgIpc) is 1.88. The fourth-order valence-corrected chi connectivity index (χ4v) is 1.93. The van der Waals surface area contributed by atoms with Crippen LogP contribution in [0.25, 0.3) is 0 Å². The first kappa shape index (κ1) is 7.11. The van der Waals surface area contributed by atoms with Crippen molar-refractivity contribution in [3.63, 3.8) is 0 Å². The van der Waals surface area contributed by atoms with Gasteiger partial charge in [-0.25, -0.2) is 0 Å². The summed E-state index contributed by atoms with van der Waals surface area (Å²) in [5.41, 5.74) is 0. The maximum Gasteiger partial charge on any atom is -0.0414 e. The highest BCUT2D eigenvalue weighted by molar-refractivity contribution is 4.68. The normalized spacial score (nSPS) is 36.7. The molecule has 0 aromatic heterocycles. The van der Waals surface area contributed by atoms with E-state index >= 15 is 0 Å². The Hall–Kier alpha value is 0. The van der Waals surface area contributed by atoms with Crippen LogP contribution in [0.2, 0.25) is 0 Å². The highest BCUT2D eigenvalue weighted by Crippen LogP contribution is 2.29. The summed E-state index contributed by atoms with van der Waals surface area (Å²) in [5, 5.41) is 0. The van der Waals surface area contributed by atoms with E-state index in [1.54, 1.807) is 0 Å². The van der Waals surface area contributed by atoms with Gasteiger partial charge in [-0.2, -0.15) is 0 Å². The lowest BCUT2D eigenvalue weighted by Gasteiger charge is -2.25. The van der Waals surface area contributed by atoms with Gasteiger partial charge in [0.15, 0.2) is 0 Å². The molecule has 0 heterocycles. The lowest BCUT2D eigenvalue weighted by Crippen LogP contribution is -2.11. The fourth-order valence-electron chi connectivity index (χ4n) is 1.93. The van der Waals surface area contributed by atoms with Gasteiger partial charge in [0.05, 0.1) is 0 Å². The van der Waals surface area contributed by atoms with Crippen molar-refractivity contribution >= 4 is 0 Å². The average molecular weight is 126 g/mol. The Morgan fingerprint density at radius 1 is 1.33 bits per heavy atom. The SMILES string of the molecule is CC[C@H]1CCCC(C)C1. The molecule has 1 aliphatic carbocycles. The Kier molecular flexibility index (Phi) is 2.56. The highest BCUT2D eigenvalue weighted by Gasteiger charge is 2.16. The van der Waals surface area contributed by atoms with Crippen LogP contribution in [0, 0.1) is 11.8 Å². The zero-order chi connectivity index (χ0) is 6.69. The summed E-state index contributed by atoms with van der Waals surface area (Å²) in [6.07, 6.45) is 7.37. The van der Waals surface area contributed by atoms with Crippen LogP contribution >= 0.6 is 0 Å². The van der Waals surface area contributed by atoms with Crippen molar-refractivity contribution < 1.29 is 0 Å². The summed E-state index contributed by atoms with van der Waals surface area (Å²) in [6, 6.07) is 0. The fraction of sp³-hybridized carbons (Fsp3) is 1.00. The van der Waals surface area contributed by atoms with Crippen molar-refractivity contribution in [1.82, 2.24) is 0 Å². The van der Waals surface area contributed by atoms with Gasteiger partial charge in [0.1, 0.15) is 0 Å². The lowest BCUT2D eigenvalue weighted by atomic mass is 9.81. The minimum atomic E-state index is 1.02. The second-order valence-electron chi connectivity index (χ2n) is 3.55. The van der Waals surface area contributed by atoms with Gasteiger partial charge in [-0.1, -0.05) is 39.5 Å². The van der Waals surface area contributed by atoms with Crippen LogP contribution in [-0.4, -0.2) is 0 Å². The molecule has 0 spiro atoms. The smallest absolute Gasteiger partial charge is 0.0414 e. The van der Waals surface area contributed by atoms with Crippen LogP contribution in [0.4, 0.5) is 0 Å². The molecule has 0 saturated heterocycles. The van der Waals surface area contributed by atoms with Crippen LogP contribution in [-0.2, 0) is 0 Å². The third-order valence-electron chi connectivity index (χ3n) is 2.62. The second kappa shape index (κ2) is 3.24. The molecule has 0 aromatic rings. The number of rotatable bonds is 1. The molecule has 0 heteroatoms. The van der Waals surface area contributed by atoms with E-state index in [0.717, 1.165) is 11.8 Å². The summed E-state index contributed by atoms with van der Waals surface area (Å²) >= 11 is 0. The Balaban J connectivity index is 2.23. The van der Waals surface area contributed by atoms with Gasteiger partial charge in [-0.05, 0) is 18.3 Å².